The molecular weight excluding hydrogens is 321 g/mol. The second kappa shape index (κ2) is 7.16. The number of benzene rings is 2. The maximum atomic E-state index is 12.9. The summed E-state index contributed by atoms with van der Waals surface area (Å²) in [5, 5.41) is 5.01. The number of Topliss-reactive ketones (excluding diaryl/α,β-unsaturated/α-hetero) is 1. The highest BCUT2D eigenvalue weighted by molar-refractivity contribution is 5.98. The lowest BCUT2D eigenvalue weighted by molar-refractivity contribution is -0.137. The molecule has 2 aromatic rings. The lowest BCUT2D eigenvalue weighted by Crippen LogP contribution is -2.23. The Hall–Kier alpha value is -2.83. The van der Waals surface area contributed by atoms with Crippen molar-refractivity contribution in [3.05, 3.63) is 59.7 Å². The van der Waals surface area contributed by atoms with Crippen LogP contribution in [0, 0.1) is 0 Å². The molecule has 0 aromatic heterocycles. The average Bonchev–Trinajstić information content (AvgIpc) is 2.52. The molecule has 4 nitrogen and oxygen atoms in total. The van der Waals surface area contributed by atoms with Crippen LogP contribution in [0.5, 0.6) is 0 Å². The summed E-state index contributed by atoms with van der Waals surface area (Å²) in [7, 11) is 0. The summed E-state index contributed by atoms with van der Waals surface area (Å²) in [6.07, 6.45) is -4.50. The zero-order chi connectivity index (χ0) is 17.7. The predicted molar refractivity (Wildman–Crippen MR) is 85.0 cm³/mol. The van der Waals surface area contributed by atoms with E-state index in [1.807, 2.05) is 0 Å². The van der Waals surface area contributed by atoms with Crippen molar-refractivity contribution in [2.24, 2.45) is 0 Å². The molecule has 7 heteroatoms. The van der Waals surface area contributed by atoms with E-state index in [0.717, 1.165) is 6.07 Å². The van der Waals surface area contributed by atoms with Crippen LogP contribution in [0.2, 0.25) is 0 Å². The predicted octanol–water partition coefficient (Wildman–Crippen LogP) is 3.96. The zero-order valence-corrected chi connectivity index (χ0v) is 12.8. The van der Waals surface area contributed by atoms with E-state index < -0.39 is 17.6 Å². The van der Waals surface area contributed by atoms with E-state index in [0.29, 0.717) is 11.3 Å². The van der Waals surface area contributed by atoms with Crippen molar-refractivity contribution in [3.63, 3.8) is 0 Å². The molecule has 0 fully saturated rings. The summed E-state index contributed by atoms with van der Waals surface area (Å²) in [5.41, 5.74) is -0.171. The minimum atomic E-state index is -4.50. The molecule has 2 rings (SSSR count). The van der Waals surface area contributed by atoms with Gasteiger partial charge in [-0.15, -0.1) is 0 Å². The molecule has 0 aliphatic rings. The van der Waals surface area contributed by atoms with E-state index in [1.165, 1.54) is 31.2 Å². The summed E-state index contributed by atoms with van der Waals surface area (Å²) >= 11 is 0. The molecule has 0 radical (unpaired) electrons. The number of hydrogen-bond acceptors (Lipinski definition) is 3. The highest BCUT2D eigenvalue weighted by Gasteiger charge is 2.33. The van der Waals surface area contributed by atoms with Crippen LogP contribution in [0.15, 0.2) is 48.5 Å². The molecule has 0 heterocycles. The van der Waals surface area contributed by atoms with Gasteiger partial charge in [-0.05, 0) is 31.2 Å². The van der Waals surface area contributed by atoms with Gasteiger partial charge in [0.25, 0.3) is 0 Å². The second-order valence-corrected chi connectivity index (χ2v) is 5.08. The molecule has 0 saturated carbocycles. The van der Waals surface area contributed by atoms with Gasteiger partial charge in [-0.2, -0.15) is 13.2 Å². The van der Waals surface area contributed by atoms with Gasteiger partial charge in [-0.25, -0.2) is 0 Å². The first-order chi connectivity index (χ1) is 11.3. The standard InChI is InChI=1S/C17H15F3N2O2/c1-11(23)12-5-4-6-13(9-12)22-16(24)10-21-15-8-3-2-7-14(15)17(18,19)20/h2-9,21H,10H2,1H3,(H,22,24). The number of amides is 1. The topological polar surface area (TPSA) is 58.2 Å². The van der Waals surface area contributed by atoms with Crippen LogP contribution in [-0.4, -0.2) is 18.2 Å². The van der Waals surface area contributed by atoms with Crippen molar-refractivity contribution in [1.82, 2.24) is 0 Å². The Morgan fingerprint density at radius 1 is 1.04 bits per heavy atom. The number of para-hydroxylation sites is 1. The molecule has 0 bridgehead atoms. The summed E-state index contributed by atoms with van der Waals surface area (Å²) in [6.45, 7) is 1.06. The third-order valence-corrected chi connectivity index (χ3v) is 3.22. The van der Waals surface area contributed by atoms with Gasteiger partial charge in [0.1, 0.15) is 0 Å². The Morgan fingerprint density at radius 3 is 2.42 bits per heavy atom. The van der Waals surface area contributed by atoms with E-state index in [1.54, 1.807) is 18.2 Å². The van der Waals surface area contributed by atoms with Crippen molar-refractivity contribution in [3.8, 4) is 0 Å². The van der Waals surface area contributed by atoms with Crippen LogP contribution in [0.3, 0.4) is 0 Å². The Balaban J connectivity index is 2.02. The van der Waals surface area contributed by atoms with Gasteiger partial charge in [0, 0.05) is 16.9 Å². The summed E-state index contributed by atoms with van der Waals surface area (Å²) < 4.78 is 38.6. The SMILES string of the molecule is CC(=O)c1cccc(NC(=O)CNc2ccccc2C(F)(F)F)c1. The van der Waals surface area contributed by atoms with Gasteiger partial charge in [0.2, 0.25) is 5.91 Å². The van der Waals surface area contributed by atoms with Crippen LogP contribution in [0.4, 0.5) is 24.5 Å². The minimum Gasteiger partial charge on any atom is -0.376 e. The number of carbonyl (C=O) groups excluding carboxylic acids is 2. The van der Waals surface area contributed by atoms with Crippen molar-refractivity contribution in [2.75, 3.05) is 17.2 Å². The summed E-state index contributed by atoms with van der Waals surface area (Å²) in [4.78, 5) is 23.2. The molecule has 1 amide bonds. The van der Waals surface area contributed by atoms with E-state index >= 15 is 0 Å². The fraction of sp³-hybridized carbons (Fsp3) is 0.176. The number of carbonyl (C=O) groups is 2. The molecule has 0 spiro atoms. The van der Waals surface area contributed by atoms with E-state index in [9.17, 15) is 22.8 Å². The molecule has 24 heavy (non-hydrogen) atoms. The number of nitrogens with one attached hydrogen (secondary N) is 2. The normalized spacial score (nSPS) is 11.0. The number of ketones is 1. The van der Waals surface area contributed by atoms with Gasteiger partial charge in [0.05, 0.1) is 12.1 Å². The Kier molecular flexibility index (Phi) is 5.23. The molecular formula is C17H15F3N2O2. The second-order valence-electron chi connectivity index (χ2n) is 5.08. The van der Waals surface area contributed by atoms with E-state index in [2.05, 4.69) is 10.6 Å². The molecule has 2 aromatic carbocycles. The smallest absolute Gasteiger partial charge is 0.376 e. The third kappa shape index (κ3) is 4.58. The molecule has 0 atom stereocenters. The van der Waals surface area contributed by atoms with Crippen LogP contribution >= 0.6 is 0 Å². The van der Waals surface area contributed by atoms with Gasteiger partial charge in [-0.1, -0.05) is 24.3 Å². The lowest BCUT2D eigenvalue weighted by atomic mass is 10.1. The van der Waals surface area contributed by atoms with Crippen molar-refractivity contribution < 1.29 is 22.8 Å². The van der Waals surface area contributed by atoms with Crippen LogP contribution < -0.4 is 10.6 Å². The first-order valence-electron chi connectivity index (χ1n) is 7.08. The number of alkyl halides is 3. The van der Waals surface area contributed by atoms with Crippen molar-refractivity contribution >= 4 is 23.1 Å². The van der Waals surface area contributed by atoms with Gasteiger partial charge >= 0.3 is 6.18 Å². The fourth-order valence-electron chi connectivity index (χ4n) is 2.08. The summed E-state index contributed by atoms with van der Waals surface area (Å²) in [6, 6.07) is 11.2. The fourth-order valence-corrected chi connectivity index (χ4v) is 2.08. The molecule has 0 aliphatic heterocycles. The Bertz CT molecular complexity index is 757. The number of hydrogen-bond donors (Lipinski definition) is 2. The van der Waals surface area contributed by atoms with Crippen LogP contribution in [0.1, 0.15) is 22.8 Å². The average molecular weight is 336 g/mol. The molecule has 2 N–H and O–H groups in total. The zero-order valence-electron chi connectivity index (χ0n) is 12.8. The van der Waals surface area contributed by atoms with Gasteiger partial charge in [-0.3, -0.25) is 9.59 Å². The highest BCUT2D eigenvalue weighted by atomic mass is 19.4. The van der Waals surface area contributed by atoms with Gasteiger partial charge < -0.3 is 10.6 Å². The monoisotopic (exact) mass is 336 g/mol. The van der Waals surface area contributed by atoms with Crippen molar-refractivity contribution in [1.29, 1.82) is 0 Å². The van der Waals surface area contributed by atoms with Gasteiger partial charge in [0.15, 0.2) is 5.78 Å². The molecule has 126 valence electrons. The minimum absolute atomic E-state index is 0.150. The third-order valence-electron chi connectivity index (χ3n) is 3.22. The molecule has 0 saturated heterocycles. The van der Waals surface area contributed by atoms with Crippen LogP contribution in [0.25, 0.3) is 0 Å². The summed E-state index contributed by atoms with van der Waals surface area (Å²) in [5.74, 6) is -0.670. The first kappa shape index (κ1) is 17.5. The van der Waals surface area contributed by atoms with Crippen molar-refractivity contribution in [2.45, 2.75) is 13.1 Å². The largest absolute Gasteiger partial charge is 0.418 e. The Morgan fingerprint density at radius 2 is 1.75 bits per heavy atom. The van der Waals surface area contributed by atoms with Crippen LogP contribution in [-0.2, 0) is 11.0 Å². The quantitative estimate of drug-likeness (QED) is 0.813. The van der Waals surface area contributed by atoms with E-state index in [-0.39, 0.29) is 18.0 Å². The molecule has 0 aliphatic carbocycles. The Labute approximate surface area is 136 Å². The molecule has 0 unspecified atom stereocenters. The lowest BCUT2D eigenvalue weighted by Gasteiger charge is -2.14. The number of anilines is 2. The van der Waals surface area contributed by atoms with E-state index in [4.69, 9.17) is 0 Å². The number of rotatable bonds is 5. The maximum Gasteiger partial charge on any atom is 0.418 e. The first-order valence-corrected chi connectivity index (χ1v) is 7.08. The number of halogens is 3. The maximum absolute atomic E-state index is 12.9. The highest BCUT2D eigenvalue weighted by Crippen LogP contribution is 2.34.